The Morgan fingerprint density at radius 1 is 0.680 bits per heavy atom. The molecule has 4 nitrogen and oxygen atoms in total. The van der Waals surface area contributed by atoms with E-state index in [-0.39, 0.29) is 24.2 Å². The van der Waals surface area contributed by atoms with Crippen molar-refractivity contribution < 1.29 is 18.9 Å². The van der Waals surface area contributed by atoms with E-state index in [0.717, 1.165) is 12.8 Å². The van der Waals surface area contributed by atoms with Gasteiger partial charge in [0, 0.05) is 7.11 Å². The second-order valence-electron chi connectivity index (χ2n) is 7.81. The smallest absolute Gasteiger partial charge is 0.288 e. The molecule has 25 heavy (non-hydrogen) atoms. The van der Waals surface area contributed by atoms with Gasteiger partial charge in [-0.1, -0.05) is 45.4 Å². The first-order chi connectivity index (χ1) is 11.8. The fourth-order valence-electron chi connectivity index (χ4n) is 3.09. The van der Waals surface area contributed by atoms with Crippen LogP contribution in [0.3, 0.4) is 0 Å². The van der Waals surface area contributed by atoms with Crippen molar-refractivity contribution >= 4 is 0 Å². The zero-order valence-electron chi connectivity index (χ0n) is 18.1. The molecule has 0 rings (SSSR count). The van der Waals surface area contributed by atoms with Gasteiger partial charge in [0.15, 0.2) is 0 Å². The van der Waals surface area contributed by atoms with Crippen molar-refractivity contribution in [1.29, 1.82) is 0 Å². The Labute approximate surface area is 156 Å². The lowest BCUT2D eigenvalue weighted by molar-refractivity contribution is -0.435. The molecule has 0 aromatic carbocycles. The molecule has 0 saturated heterocycles. The van der Waals surface area contributed by atoms with Crippen LogP contribution in [0.1, 0.15) is 93.4 Å². The van der Waals surface area contributed by atoms with Crippen LogP contribution in [0.5, 0.6) is 0 Å². The summed E-state index contributed by atoms with van der Waals surface area (Å²) in [6, 6.07) is 0. The van der Waals surface area contributed by atoms with E-state index in [2.05, 4.69) is 6.92 Å². The zero-order chi connectivity index (χ0) is 19.3. The molecule has 0 N–H and O–H groups in total. The van der Waals surface area contributed by atoms with Crippen molar-refractivity contribution in [3.8, 4) is 0 Å². The number of methoxy groups -OCH3 is 1. The first-order valence-electron chi connectivity index (χ1n) is 10.3. The topological polar surface area (TPSA) is 36.9 Å². The summed E-state index contributed by atoms with van der Waals surface area (Å²) >= 11 is 0. The van der Waals surface area contributed by atoms with Gasteiger partial charge in [0.25, 0.3) is 5.97 Å². The normalized spacial score (nSPS) is 14.0. The molecule has 0 amide bonds. The quantitative estimate of drug-likeness (QED) is 0.252. The minimum absolute atomic E-state index is 0.0152. The van der Waals surface area contributed by atoms with Crippen LogP contribution >= 0.6 is 0 Å². The third kappa shape index (κ3) is 11.2. The Kier molecular flexibility index (Phi) is 13.9. The van der Waals surface area contributed by atoms with E-state index in [1.807, 2.05) is 41.5 Å². The Morgan fingerprint density at radius 3 is 1.52 bits per heavy atom. The van der Waals surface area contributed by atoms with Gasteiger partial charge in [0.05, 0.1) is 30.8 Å². The first kappa shape index (κ1) is 24.8. The van der Waals surface area contributed by atoms with Crippen molar-refractivity contribution in [3.63, 3.8) is 0 Å². The maximum atomic E-state index is 6.25. The Bertz CT molecular complexity index is 276. The molecule has 0 bridgehead atoms. The molecule has 0 aromatic heterocycles. The van der Waals surface area contributed by atoms with Crippen LogP contribution in [0.25, 0.3) is 0 Å². The van der Waals surface area contributed by atoms with Crippen molar-refractivity contribution in [2.24, 2.45) is 5.92 Å². The molecule has 4 heteroatoms. The Hall–Kier alpha value is -0.160. The molecule has 1 unspecified atom stereocenters. The molecule has 0 fully saturated rings. The second-order valence-corrected chi connectivity index (χ2v) is 7.81. The summed E-state index contributed by atoms with van der Waals surface area (Å²) in [6.45, 7) is 15.0. The molecular formula is C21H44O4. The maximum absolute atomic E-state index is 6.25. The van der Waals surface area contributed by atoms with Crippen molar-refractivity contribution in [2.45, 2.75) is 118 Å². The molecule has 1 atom stereocenters. The zero-order valence-corrected chi connectivity index (χ0v) is 18.1. The average molecular weight is 361 g/mol. The highest BCUT2D eigenvalue weighted by molar-refractivity contribution is 4.75. The molecule has 0 spiro atoms. The molecule has 0 aliphatic carbocycles. The van der Waals surface area contributed by atoms with E-state index in [1.165, 1.54) is 32.1 Å². The third-order valence-corrected chi connectivity index (χ3v) is 3.97. The fourth-order valence-corrected chi connectivity index (χ4v) is 3.09. The molecule has 0 aliphatic heterocycles. The van der Waals surface area contributed by atoms with Gasteiger partial charge < -0.3 is 18.9 Å². The molecule has 0 radical (unpaired) electrons. The van der Waals surface area contributed by atoms with Gasteiger partial charge in [0.2, 0.25) is 0 Å². The lowest BCUT2D eigenvalue weighted by Gasteiger charge is -2.42. The first-order valence-corrected chi connectivity index (χ1v) is 10.3. The van der Waals surface area contributed by atoms with Crippen LogP contribution in [-0.4, -0.2) is 38.0 Å². The standard InChI is InChI=1S/C21H44O4/c1-9-10-11-12-13-14-15-20(16-22-8)21(23-17(2)3,24-18(4)5)25-19(6)7/h17-20H,9-16H2,1-8H3. The van der Waals surface area contributed by atoms with Gasteiger partial charge >= 0.3 is 0 Å². The van der Waals surface area contributed by atoms with Crippen molar-refractivity contribution in [3.05, 3.63) is 0 Å². The van der Waals surface area contributed by atoms with Crippen LogP contribution in [-0.2, 0) is 18.9 Å². The fraction of sp³-hybridized carbons (Fsp3) is 1.00. The largest absolute Gasteiger partial charge is 0.384 e. The minimum Gasteiger partial charge on any atom is -0.384 e. The molecule has 0 aromatic rings. The van der Waals surface area contributed by atoms with E-state index in [0.29, 0.717) is 6.61 Å². The average Bonchev–Trinajstić information content (AvgIpc) is 2.47. The number of rotatable bonds is 16. The molecule has 152 valence electrons. The number of hydrogen-bond acceptors (Lipinski definition) is 4. The number of unbranched alkanes of at least 4 members (excludes halogenated alkanes) is 5. The molecule has 0 aliphatic rings. The third-order valence-electron chi connectivity index (χ3n) is 3.97. The van der Waals surface area contributed by atoms with Gasteiger partial charge in [-0.25, -0.2) is 0 Å². The number of ether oxygens (including phenoxy) is 4. The summed E-state index contributed by atoms with van der Waals surface area (Å²) in [5.74, 6) is -0.994. The summed E-state index contributed by atoms with van der Waals surface area (Å²) in [7, 11) is 1.74. The van der Waals surface area contributed by atoms with E-state index in [1.54, 1.807) is 7.11 Å². The van der Waals surface area contributed by atoms with Crippen LogP contribution in [0.2, 0.25) is 0 Å². The molecular weight excluding hydrogens is 316 g/mol. The monoisotopic (exact) mass is 360 g/mol. The van der Waals surface area contributed by atoms with E-state index in [9.17, 15) is 0 Å². The number of hydrogen-bond donors (Lipinski definition) is 0. The van der Waals surface area contributed by atoms with E-state index >= 15 is 0 Å². The predicted molar refractivity (Wildman–Crippen MR) is 105 cm³/mol. The minimum atomic E-state index is -1.05. The van der Waals surface area contributed by atoms with Crippen LogP contribution < -0.4 is 0 Å². The van der Waals surface area contributed by atoms with Gasteiger partial charge in [-0.3, -0.25) is 0 Å². The maximum Gasteiger partial charge on any atom is 0.288 e. The van der Waals surface area contributed by atoms with Gasteiger partial charge in [-0.15, -0.1) is 0 Å². The Balaban J connectivity index is 5.09. The lowest BCUT2D eigenvalue weighted by Crippen LogP contribution is -2.52. The molecule has 0 saturated carbocycles. The lowest BCUT2D eigenvalue weighted by atomic mass is 9.97. The van der Waals surface area contributed by atoms with Gasteiger partial charge in [0.1, 0.15) is 0 Å². The molecule has 0 heterocycles. The second kappa shape index (κ2) is 14.0. The Morgan fingerprint density at radius 2 is 1.12 bits per heavy atom. The van der Waals surface area contributed by atoms with Gasteiger partial charge in [-0.2, -0.15) is 0 Å². The van der Waals surface area contributed by atoms with Crippen LogP contribution in [0.4, 0.5) is 0 Å². The summed E-state index contributed by atoms with van der Waals surface area (Å²) in [4.78, 5) is 0. The van der Waals surface area contributed by atoms with Crippen molar-refractivity contribution in [1.82, 2.24) is 0 Å². The summed E-state index contributed by atoms with van der Waals surface area (Å²) in [6.07, 6.45) is 8.63. The van der Waals surface area contributed by atoms with E-state index in [4.69, 9.17) is 18.9 Å². The highest BCUT2D eigenvalue weighted by Gasteiger charge is 2.45. The van der Waals surface area contributed by atoms with Gasteiger partial charge in [-0.05, 0) is 48.0 Å². The summed E-state index contributed by atoms with van der Waals surface area (Å²) in [5, 5.41) is 0. The highest BCUT2D eigenvalue weighted by Crippen LogP contribution is 2.34. The van der Waals surface area contributed by atoms with Crippen molar-refractivity contribution in [2.75, 3.05) is 13.7 Å². The van der Waals surface area contributed by atoms with E-state index < -0.39 is 5.97 Å². The summed E-state index contributed by atoms with van der Waals surface area (Å²) in [5.41, 5.74) is 0. The van der Waals surface area contributed by atoms with Crippen LogP contribution in [0, 0.1) is 5.92 Å². The predicted octanol–water partition coefficient (Wildman–Crippen LogP) is 5.93. The summed E-state index contributed by atoms with van der Waals surface area (Å²) < 4.78 is 24.2. The van der Waals surface area contributed by atoms with Crippen LogP contribution in [0.15, 0.2) is 0 Å². The highest BCUT2D eigenvalue weighted by atomic mass is 16.9. The SMILES string of the molecule is CCCCCCCCC(COC)C(OC(C)C)(OC(C)C)OC(C)C.